The third-order valence-electron chi connectivity index (χ3n) is 4.40. The number of rotatable bonds is 8. The second kappa shape index (κ2) is 10.2. The van der Waals surface area contributed by atoms with E-state index < -0.39 is 5.97 Å². The predicted molar refractivity (Wildman–Crippen MR) is 122 cm³/mol. The topological polar surface area (TPSA) is 87.7 Å². The van der Waals surface area contributed by atoms with Crippen molar-refractivity contribution in [2.24, 2.45) is 0 Å². The molecule has 0 atom stereocenters. The van der Waals surface area contributed by atoms with Gasteiger partial charge in [-0.1, -0.05) is 40.9 Å². The highest BCUT2D eigenvalue weighted by Gasteiger charge is 2.11. The molecule has 0 heterocycles. The summed E-state index contributed by atoms with van der Waals surface area (Å²) in [5.74, 6) is -0.912. The van der Waals surface area contributed by atoms with Crippen LogP contribution in [0.3, 0.4) is 0 Å². The largest absolute Gasteiger partial charge is 0.483 e. The molecule has 3 N–H and O–H groups in total. The van der Waals surface area contributed by atoms with Crippen molar-refractivity contribution in [3.05, 3.63) is 87.4 Å². The average molecular weight is 459 g/mol. The van der Waals surface area contributed by atoms with E-state index >= 15 is 0 Å². The highest BCUT2D eigenvalue weighted by molar-refractivity contribution is 6.33. The number of aryl methyl sites for hydroxylation is 1. The summed E-state index contributed by atoms with van der Waals surface area (Å²) in [5, 5.41) is 15.8. The van der Waals surface area contributed by atoms with Crippen LogP contribution in [0.1, 0.15) is 21.5 Å². The number of carbonyl (C=O) groups excluding carboxylic acids is 1. The number of hydrogen-bond acceptors (Lipinski definition) is 4. The molecule has 0 aromatic heterocycles. The molecule has 0 aliphatic rings. The number of aromatic carboxylic acids is 1. The first-order chi connectivity index (χ1) is 14.8. The van der Waals surface area contributed by atoms with E-state index in [2.05, 4.69) is 10.6 Å². The minimum atomic E-state index is -1.11. The third-order valence-corrected chi connectivity index (χ3v) is 4.96. The zero-order valence-corrected chi connectivity index (χ0v) is 18.1. The van der Waals surface area contributed by atoms with Crippen LogP contribution in [0, 0.1) is 6.92 Å². The fourth-order valence-electron chi connectivity index (χ4n) is 2.80. The number of hydrogen-bond donors (Lipinski definition) is 3. The molecule has 0 aliphatic carbocycles. The first kappa shape index (κ1) is 22.5. The van der Waals surface area contributed by atoms with Gasteiger partial charge in [0.2, 0.25) is 0 Å². The Bertz CT molecular complexity index is 1100. The van der Waals surface area contributed by atoms with Crippen molar-refractivity contribution in [1.29, 1.82) is 0 Å². The van der Waals surface area contributed by atoms with Gasteiger partial charge in [-0.25, -0.2) is 4.79 Å². The fourth-order valence-corrected chi connectivity index (χ4v) is 3.19. The predicted octanol–water partition coefficient (Wildman–Crippen LogP) is 5.63. The van der Waals surface area contributed by atoms with Crippen LogP contribution in [0.4, 0.5) is 11.4 Å². The Labute approximate surface area is 189 Å². The molecule has 0 fully saturated rings. The molecule has 1 amide bonds. The number of amides is 1. The molecule has 0 radical (unpaired) electrons. The first-order valence-electron chi connectivity index (χ1n) is 9.36. The average Bonchev–Trinajstić information content (AvgIpc) is 2.74. The van der Waals surface area contributed by atoms with Crippen LogP contribution in [0.15, 0.2) is 60.7 Å². The van der Waals surface area contributed by atoms with E-state index in [-0.39, 0.29) is 23.1 Å². The molecule has 3 aromatic rings. The second-order valence-corrected chi connectivity index (χ2v) is 7.65. The smallest absolute Gasteiger partial charge is 0.337 e. The highest BCUT2D eigenvalue weighted by Crippen LogP contribution is 2.26. The maximum Gasteiger partial charge on any atom is 0.337 e. The van der Waals surface area contributed by atoms with E-state index in [1.807, 2.05) is 31.2 Å². The van der Waals surface area contributed by atoms with E-state index in [0.29, 0.717) is 34.3 Å². The molecule has 160 valence electrons. The summed E-state index contributed by atoms with van der Waals surface area (Å²) in [5.41, 5.74) is 3.08. The number of ether oxygens (including phenoxy) is 1. The summed E-state index contributed by atoms with van der Waals surface area (Å²) >= 11 is 12.0. The normalized spacial score (nSPS) is 10.4. The van der Waals surface area contributed by atoms with E-state index in [1.54, 1.807) is 24.3 Å². The van der Waals surface area contributed by atoms with Gasteiger partial charge < -0.3 is 20.5 Å². The third kappa shape index (κ3) is 6.38. The van der Waals surface area contributed by atoms with Crippen molar-refractivity contribution in [3.8, 4) is 5.75 Å². The highest BCUT2D eigenvalue weighted by atomic mass is 35.5. The molecule has 0 saturated heterocycles. The molecular weight excluding hydrogens is 439 g/mol. The maximum absolute atomic E-state index is 12.2. The van der Waals surface area contributed by atoms with Gasteiger partial charge in [0, 0.05) is 28.5 Å². The Balaban J connectivity index is 1.65. The Morgan fingerprint density at radius 3 is 2.39 bits per heavy atom. The lowest BCUT2D eigenvalue weighted by molar-refractivity contribution is -0.118. The van der Waals surface area contributed by atoms with E-state index in [9.17, 15) is 14.7 Å². The number of carboxylic acid groups (broad SMARTS) is 1. The molecular formula is C23H20Cl2N2O4. The van der Waals surface area contributed by atoms with Gasteiger partial charge in [0.05, 0.1) is 10.6 Å². The van der Waals surface area contributed by atoms with Gasteiger partial charge in [-0.05, 0) is 55.5 Å². The van der Waals surface area contributed by atoms with Crippen molar-refractivity contribution < 1.29 is 19.4 Å². The van der Waals surface area contributed by atoms with Crippen LogP contribution in [0.2, 0.25) is 10.0 Å². The maximum atomic E-state index is 12.2. The Kier molecular flexibility index (Phi) is 7.39. The zero-order chi connectivity index (χ0) is 22.4. The Hall–Kier alpha value is -3.22. The summed E-state index contributed by atoms with van der Waals surface area (Å²) in [6.45, 7) is 2.10. The van der Waals surface area contributed by atoms with E-state index in [0.717, 1.165) is 5.56 Å². The number of benzene rings is 3. The van der Waals surface area contributed by atoms with Crippen LogP contribution >= 0.6 is 23.2 Å². The van der Waals surface area contributed by atoms with Crippen molar-refractivity contribution >= 4 is 46.5 Å². The lowest BCUT2D eigenvalue weighted by Gasteiger charge is -2.14. The number of anilines is 2. The zero-order valence-electron chi connectivity index (χ0n) is 16.6. The van der Waals surface area contributed by atoms with Gasteiger partial charge in [-0.3, -0.25) is 4.79 Å². The lowest BCUT2D eigenvalue weighted by Crippen LogP contribution is -2.20. The standard InChI is InChI=1S/C23H20Cl2N2O4/c1-14-2-5-17(6-3-14)27-22(28)13-31-21-9-4-16(24)10-15(21)12-26-18-7-8-20(25)19(11-18)23(29)30/h2-11,26H,12-13H2,1H3,(H,27,28)(H,29,30). The summed E-state index contributed by atoms with van der Waals surface area (Å²) in [6.07, 6.45) is 0. The van der Waals surface area contributed by atoms with Crippen molar-refractivity contribution in [2.75, 3.05) is 17.2 Å². The van der Waals surface area contributed by atoms with Crippen LogP contribution in [0.25, 0.3) is 0 Å². The Morgan fingerprint density at radius 1 is 0.968 bits per heavy atom. The van der Waals surface area contributed by atoms with Crippen LogP contribution < -0.4 is 15.4 Å². The molecule has 0 bridgehead atoms. The van der Waals surface area contributed by atoms with Gasteiger partial charge >= 0.3 is 5.97 Å². The molecule has 3 rings (SSSR count). The van der Waals surface area contributed by atoms with Crippen molar-refractivity contribution in [2.45, 2.75) is 13.5 Å². The minimum absolute atomic E-state index is 0.00186. The quantitative estimate of drug-likeness (QED) is 0.407. The lowest BCUT2D eigenvalue weighted by atomic mass is 10.1. The van der Waals surface area contributed by atoms with Crippen LogP contribution in [-0.2, 0) is 11.3 Å². The number of carbonyl (C=O) groups is 2. The molecule has 3 aromatic carbocycles. The first-order valence-corrected chi connectivity index (χ1v) is 10.1. The molecule has 0 aliphatic heterocycles. The van der Waals surface area contributed by atoms with Crippen LogP contribution in [0.5, 0.6) is 5.75 Å². The fraction of sp³-hybridized carbons (Fsp3) is 0.130. The molecule has 0 unspecified atom stereocenters. The number of halogens is 2. The van der Waals surface area contributed by atoms with Crippen molar-refractivity contribution in [1.82, 2.24) is 0 Å². The Morgan fingerprint density at radius 2 is 1.68 bits per heavy atom. The van der Waals surface area contributed by atoms with Crippen LogP contribution in [-0.4, -0.2) is 23.6 Å². The van der Waals surface area contributed by atoms with E-state index in [4.69, 9.17) is 27.9 Å². The summed E-state index contributed by atoms with van der Waals surface area (Å²) < 4.78 is 5.69. The van der Waals surface area contributed by atoms with Gasteiger partial charge in [0.1, 0.15) is 5.75 Å². The SMILES string of the molecule is Cc1ccc(NC(=O)COc2ccc(Cl)cc2CNc2ccc(Cl)c(C(=O)O)c2)cc1. The molecule has 6 nitrogen and oxygen atoms in total. The van der Waals surface area contributed by atoms with E-state index in [1.165, 1.54) is 12.1 Å². The second-order valence-electron chi connectivity index (χ2n) is 6.81. The summed E-state index contributed by atoms with van der Waals surface area (Å²) in [4.78, 5) is 23.5. The van der Waals surface area contributed by atoms with Gasteiger partial charge in [0.25, 0.3) is 5.91 Å². The molecule has 0 spiro atoms. The van der Waals surface area contributed by atoms with Gasteiger partial charge in [-0.15, -0.1) is 0 Å². The number of carboxylic acids is 1. The van der Waals surface area contributed by atoms with Gasteiger partial charge in [0.15, 0.2) is 6.61 Å². The monoisotopic (exact) mass is 458 g/mol. The molecule has 0 saturated carbocycles. The molecule has 8 heteroatoms. The summed E-state index contributed by atoms with van der Waals surface area (Å²) in [7, 11) is 0. The summed E-state index contributed by atoms with van der Waals surface area (Å²) in [6, 6.07) is 17.2. The minimum Gasteiger partial charge on any atom is -0.483 e. The van der Waals surface area contributed by atoms with Gasteiger partial charge in [-0.2, -0.15) is 0 Å². The van der Waals surface area contributed by atoms with Crippen molar-refractivity contribution in [3.63, 3.8) is 0 Å². The molecule has 31 heavy (non-hydrogen) atoms. The number of nitrogens with one attached hydrogen (secondary N) is 2.